The van der Waals surface area contributed by atoms with Crippen LogP contribution in [0.25, 0.3) is 10.9 Å². The number of hydrogen-bond donors (Lipinski definition) is 1. The van der Waals surface area contributed by atoms with Gasteiger partial charge in [0.1, 0.15) is 0 Å². The molecule has 1 aromatic carbocycles. The molecule has 0 radical (unpaired) electrons. The monoisotopic (exact) mass is 276 g/mol. The van der Waals surface area contributed by atoms with Crippen LogP contribution in [-0.2, 0) is 13.1 Å². The molecule has 0 amide bonds. The first-order valence-corrected chi connectivity index (χ1v) is 8.30. The number of aromatic nitrogens is 1. The number of hydrogen-bond acceptors (Lipinski definition) is 2. The van der Waals surface area contributed by atoms with E-state index >= 15 is 0 Å². The Morgan fingerprint density at radius 1 is 1.26 bits per heavy atom. The van der Waals surface area contributed by atoms with E-state index in [0.29, 0.717) is 0 Å². The second-order valence-electron chi connectivity index (χ2n) is 5.09. The molecule has 2 rings (SSSR count). The normalized spacial score (nSPS) is 11.4. The molecule has 2 aromatic rings. The average molecular weight is 276 g/mol. The van der Waals surface area contributed by atoms with Crippen LogP contribution in [-0.4, -0.2) is 23.6 Å². The van der Waals surface area contributed by atoms with Gasteiger partial charge >= 0.3 is 0 Å². The minimum atomic E-state index is 0.937. The second kappa shape index (κ2) is 6.49. The van der Waals surface area contributed by atoms with E-state index in [1.165, 1.54) is 39.9 Å². The number of fused-ring (bicyclic) bond motifs is 1. The lowest BCUT2D eigenvalue weighted by atomic mass is 10.1. The fraction of sp³-hybridized carbons (Fsp3) is 0.500. The van der Waals surface area contributed by atoms with E-state index in [1.54, 1.807) is 0 Å². The van der Waals surface area contributed by atoms with Crippen molar-refractivity contribution in [3.8, 4) is 0 Å². The summed E-state index contributed by atoms with van der Waals surface area (Å²) in [7, 11) is 2.00. The van der Waals surface area contributed by atoms with E-state index in [4.69, 9.17) is 0 Å². The highest BCUT2D eigenvalue weighted by molar-refractivity contribution is 7.98. The summed E-state index contributed by atoms with van der Waals surface area (Å²) < 4.78 is 2.48. The maximum absolute atomic E-state index is 3.22. The van der Waals surface area contributed by atoms with Crippen LogP contribution in [0.2, 0.25) is 0 Å². The Bertz CT molecular complexity index is 557. The number of nitrogens with zero attached hydrogens (tertiary/aromatic N) is 1. The molecule has 2 nitrogen and oxygen atoms in total. The fourth-order valence-corrected chi connectivity index (χ4v) is 3.08. The molecule has 1 heterocycles. The molecule has 0 aliphatic carbocycles. The van der Waals surface area contributed by atoms with E-state index in [1.807, 2.05) is 18.8 Å². The van der Waals surface area contributed by atoms with Gasteiger partial charge in [-0.3, -0.25) is 0 Å². The number of nitrogens with one attached hydrogen (secondary N) is 1. The van der Waals surface area contributed by atoms with Crippen LogP contribution in [0.15, 0.2) is 18.2 Å². The lowest BCUT2D eigenvalue weighted by Gasteiger charge is -2.08. The first-order chi connectivity index (χ1) is 9.19. The molecule has 0 aliphatic heterocycles. The maximum atomic E-state index is 3.22. The molecule has 0 atom stereocenters. The zero-order valence-corrected chi connectivity index (χ0v) is 13.2. The van der Waals surface area contributed by atoms with Gasteiger partial charge in [-0.15, -0.1) is 0 Å². The molecule has 0 spiro atoms. The summed E-state index contributed by atoms with van der Waals surface area (Å²) in [4.78, 5) is 0. The predicted molar refractivity (Wildman–Crippen MR) is 87.2 cm³/mol. The molecule has 3 heteroatoms. The van der Waals surface area contributed by atoms with E-state index in [2.05, 4.69) is 48.2 Å². The molecule has 0 unspecified atom stereocenters. The predicted octanol–water partition coefficient (Wildman–Crippen LogP) is 3.73. The van der Waals surface area contributed by atoms with Crippen molar-refractivity contribution in [3.63, 3.8) is 0 Å². The lowest BCUT2D eigenvalue weighted by molar-refractivity contribution is 0.689. The highest BCUT2D eigenvalue weighted by Gasteiger charge is 2.10. The molecule has 0 saturated carbocycles. The smallest absolute Gasteiger partial charge is 0.0485 e. The summed E-state index contributed by atoms with van der Waals surface area (Å²) in [6, 6.07) is 6.85. The molecule has 0 aliphatic rings. The van der Waals surface area contributed by atoms with Gasteiger partial charge < -0.3 is 9.88 Å². The molecule has 0 fully saturated rings. The Hall–Kier alpha value is -0.930. The second-order valence-corrected chi connectivity index (χ2v) is 6.08. The number of thioether (sulfide) groups is 1. The third-order valence-corrected chi connectivity index (χ3v) is 4.51. The molecular formula is C16H24N2S. The zero-order chi connectivity index (χ0) is 13.8. The Balaban J connectivity index is 2.38. The van der Waals surface area contributed by atoms with Crippen molar-refractivity contribution < 1.29 is 0 Å². The van der Waals surface area contributed by atoms with Gasteiger partial charge in [0, 0.05) is 29.7 Å². The van der Waals surface area contributed by atoms with Gasteiger partial charge in [0.25, 0.3) is 0 Å². The van der Waals surface area contributed by atoms with Gasteiger partial charge in [-0.05, 0) is 62.6 Å². The highest BCUT2D eigenvalue weighted by Crippen LogP contribution is 2.26. The summed E-state index contributed by atoms with van der Waals surface area (Å²) in [5.74, 6) is 1.23. The Morgan fingerprint density at radius 3 is 2.74 bits per heavy atom. The van der Waals surface area contributed by atoms with Crippen LogP contribution in [0.4, 0.5) is 0 Å². The third-order valence-electron chi connectivity index (χ3n) is 3.81. The summed E-state index contributed by atoms with van der Waals surface area (Å²) in [5, 5.41) is 4.63. The van der Waals surface area contributed by atoms with Crippen molar-refractivity contribution in [2.45, 2.75) is 33.4 Å². The van der Waals surface area contributed by atoms with E-state index < -0.39 is 0 Å². The van der Waals surface area contributed by atoms with E-state index in [9.17, 15) is 0 Å². The molecular weight excluding hydrogens is 252 g/mol. The van der Waals surface area contributed by atoms with Crippen LogP contribution >= 0.6 is 11.8 Å². The molecule has 104 valence electrons. The highest BCUT2D eigenvalue weighted by atomic mass is 32.2. The minimum absolute atomic E-state index is 0.937. The number of benzene rings is 1. The van der Waals surface area contributed by atoms with Crippen LogP contribution in [0.3, 0.4) is 0 Å². The van der Waals surface area contributed by atoms with Crippen molar-refractivity contribution >= 4 is 22.7 Å². The standard InChI is InChI=1S/C16H24N2S/c1-12-13(2)18(8-5-9-19-4)16-7-6-14(11-17-3)10-15(12)16/h6-7,10,17H,5,8-9,11H2,1-4H3. The Kier molecular flexibility index (Phi) is 4.94. The third kappa shape index (κ3) is 2.98. The molecule has 19 heavy (non-hydrogen) atoms. The first-order valence-electron chi connectivity index (χ1n) is 6.91. The van der Waals surface area contributed by atoms with Crippen LogP contribution in [0, 0.1) is 13.8 Å². The van der Waals surface area contributed by atoms with Crippen LogP contribution in [0.1, 0.15) is 23.2 Å². The largest absolute Gasteiger partial charge is 0.345 e. The topological polar surface area (TPSA) is 17.0 Å². The quantitative estimate of drug-likeness (QED) is 0.810. The lowest BCUT2D eigenvalue weighted by Crippen LogP contribution is -2.05. The number of aryl methyl sites for hydroxylation is 2. The van der Waals surface area contributed by atoms with Gasteiger partial charge in [0.15, 0.2) is 0 Å². The van der Waals surface area contributed by atoms with Gasteiger partial charge in [0.05, 0.1) is 0 Å². The van der Waals surface area contributed by atoms with E-state index in [0.717, 1.165) is 13.1 Å². The van der Waals surface area contributed by atoms with Gasteiger partial charge in [-0.25, -0.2) is 0 Å². The van der Waals surface area contributed by atoms with Crippen LogP contribution < -0.4 is 5.32 Å². The SMILES string of the molecule is CNCc1ccc2c(c1)c(C)c(C)n2CCCSC. The zero-order valence-electron chi connectivity index (χ0n) is 12.4. The number of rotatable bonds is 6. The van der Waals surface area contributed by atoms with Gasteiger partial charge in [0.2, 0.25) is 0 Å². The Labute approximate surface area is 120 Å². The van der Waals surface area contributed by atoms with E-state index in [-0.39, 0.29) is 0 Å². The van der Waals surface area contributed by atoms with Crippen molar-refractivity contribution in [1.29, 1.82) is 0 Å². The van der Waals surface area contributed by atoms with Crippen molar-refractivity contribution in [1.82, 2.24) is 9.88 Å². The fourth-order valence-electron chi connectivity index (χ4n) is 2.67. The molecule has 1 aromatic heterocycles. The van der Waals surface area contributed by atoms with Crippen LogP contribution in [0.5, 0.6) is 0 Å². The molecule has 0 saturated heterocycles. The first kappa shape index (κ1) is 14.5. The van der Waals surface area contributed by atoms with Crippen molar-refractivity contribution in [2.24, 2.45) is 0 Å². The Morgan fingerprint density at radius 2 is 2.05 bits per heavy atom. The average Bonchev–Trinajstić information content (AvgIpc) is 2.64. The van der Waals surface area contributed by atoms with Crippen molar-refractivity contribution in [3.05, 3.63) is 35.0 Å². The van der Waals surface area contributed by atoms with Gasteiger partial charge in [-0.2, -0.15) is 11.8 Å². The molecule has 1 N–H and O–H groups in total. The summed E-state index contributed by atoms with van der Waals surface area (Å²) in [6.07, 6.45) is 3.42. The summed E-state index contributed by atoms with van der Waals surface area (Å²) >= 11 is 1.93. The minimum Gasteiger partial charge on any atom is -0.345 e. The summed E-state index contributed by atoms with van der Waals surface area (Å²) in [6.45, 7) is 6.55. The van der Waals surface area contributed by atoms with Crippen molar-refractivity contribution in [2.75, 3.05) is 19.1 Å². The summed E-state index contributed by atoms with van der Waals surface area (Å²) in [5.41, 5.74) is 5.59. The van der Waals surface area contributed by atoms with Gasteiger partial charge in [-0.1, -0.05) is 6.07 Å². The maximum Gasteiger partial charge on any atom is 0.0485 e. The molecule has 0 bridgehead atoms.